The van der Waals surface area contributed by atoms with Crippen LogP contribution in [0.15, 0.2) is 0 Å². The molecule has 0 amide bonds. The van der Waals surface area contributed by atoms with Crippen LogP contribution in [0.25, 0.3) is 0 Å². The molecule has 0 bridgehead atoms. The van der Waals surface area contributed by atoms with Crippen molar-refractivity contribution in [2.24, 2.45) is 0 Å². The maximum atomic E-state index is 11.8. The fraction of sp³-hybridized carbons (Fsp3) is 1.00. The van der Waals surface area contributed by atoms with Gasteiger partial charge in [0.15, 0.2) is 6.10 Å². The number of alkyl halides is 3. The van der Waals surface area contributed by atoms with Gasteiger partial charge in [-0.05, 0) is 19.3 Å². The second-order valence-electron chi connectivity index (χ2n) is 2.90. The molecule has 2 nitrogen and oxygen atoms in total. The quantitative estimate of drug-likeness (QED) is 0.611. The molecule has 66 valence electrons. The smallest absolute Gasteiger partial charge is 0.387 e. The summed E-state index contributed by atoms with van der Waals surface area (Å²) in [6, 6.07) is 0. The Morgan fingerprint density at radius 2 is 1.73 bits per heavy atom. The lowest BCUT2D eigenvalue weighted by Crippen LogP contribution is -2.55. The first-order chi connectivity index (χ1) is 4.86. The summed E-state index contributed by atoms with van der Waals surface area (Å²) in [5.74, 6) is 0. The Balaban J connectivity index is 2.60. The van der Waals surface area contributed by atoms with E-state index in [1.807, 2.05) is 0 Å². The number of hydrogen-bond acceptors (Lipinski definition) is 2. The average molecular weight is 170 g/mol. The van der Waals surface area contributed by atoms with Crippen LogP contribution in [0.2, 0.25) is 0 Å². The Labute approximate surface area is 61.6 Å². The highest BCUT2D eigenvalue weighted by Gasteiger charge is 2.54. The van der Waals surface area contributed by atoms with Crippen LogP contribution < -0.4 is 0 Å². The number of hydrogen-bond donors (Lipinski definition) is 2. The fourth-order valence-electron chi connectivity index (χ4n) is 1.12. The van der Waals surface area contributed by atoms with Gasteiger partial charge in [0.1, 0.15) is 0 Å². The van der Waals surface area contributed by atoms with Crippen molar-refractivity contribution in [1.82, 2.24) is 0 Å². The van der Waals surface area contributed by atoms with Crippen molar-refractivity contribution in [2.45, 2.75) is 37.1 Å². The van der Waals surface area contributed by atoms with Crippen LogP contribution in [0.4, 0.5) is 13.2 Å². The molecule has 1 aliphatic rings. The van der Waals surface area contributed by atoms with E-state index in [4.69, 9.17) is 10.2 Å². The van der Waals surface area contributed by atoms with E-state index in [2.05, 4.69) is 0 Å². The van der Waals surface area contributed by atoms with Crippen LogP contribution in [0.5, 0.6) is 0 Å². The van der Waals surface area contributed by atoms with Gasteiger partial charge in [0, 0.05) is 0 Å². The van der Waals surface area contributed by atoms with E-state index in [0.717, 1.165) is 0 Å². The van der Waals surface area contributed by atoms with Crippen LogP contribution >= 0.6 is 0 Å². The standard InChI is InChI=1S/C6H9F3O2/c7-6(8,9)4(10)5(11)2-1-3-5/h4,10-11H,1-3H2. The summed E-state index contributed by atoms with van der Waals surface area (Å²) in [6.45, 7) is 0. The number of aliphatic hydroxyl groups excluding tert-OH is 1. The Bertz CT molecular complexity index is 150. The molecule has 2 N–H and O–H groups in total. The molecule has 0 radical (unpaired) electrons. The molecular weight excluding hydrogens is 161 g/mol. The zero-order chi connectivity index (χ0) is 8.70. The molecule has 1 aliphatic carbocycles. The Morgan fingerprint density at radius 1 is 1.27 bits per heavy atom. The van der Waals surface area contributed by atoms with Crippen molar-refractivity contribution < 1.29 is 23.4 Å². The van der Waals surface area contributed by atoms with Crippen molar-refractivity contribution >= 4 is 0 Å². The third kappa shape index (κ3) is 1.49. The summed E-state index contributed by atoms with van der Waals surface area (Å²) in [6.07, 6.45) is -6.66. The molecule has 0 aromatic heterocycles. The Morgan fingerprint density at radius 3 is 1.82 bits per heavy atom. The molecule has 0 aromatic carbocycles. The fourth-order valence-corrected chi connectivity index (χ4v) is 1.12. The highest BCUT2D eigenvalue weighted by atomic mass is 19.4. The first kappa shape index (κ1) is 8.80. The highest BCUT2D eigenvalue weighted by Crippen LogP contribution is 2.40. The Kier molecular flexibility index (Phi) is 1.88. The maximum Gasteiger partial charge on any atom is 0.417 e. The molecule has 1 unspecified atom stereocenters. The van der Waals surface area contributed by atoms with Gasteiger partial charge in [-0.25, -0.2) is 0 Å². The van der Waals surface area contributed by atoms with E-state index in [-0.39, 0.29) is 12.8 Å². The number of halogens is 3. The van der Waals surface area contributed by atoms with E-state index < -0.39 is 17.9 Å². The SMILES string of the molecule is OC(C(F)(F)F)C1(O)CCC1. The van der Waals surface area contributed by atoms with E-state index in [0.29, 0.717) is 6.42 Å². The van der Waals surface area contributed by atoms with Crippen molar-refractivity contribution in [3.63, 3.8) is 0 Å². The highest BCUT2D eigenvalue weighted by molar-refractivity contribution is 4.96. The van der Waals surface area contributed by atoms with Gasteiger partial charge in [-0.3, -0.25) is 0 Å². The summed E-state index contributed by atoms with van der Waals surface area (Å²) in [5.41, 5.74) is -1.90. The summed E-state index contributed by atoms with van der Waals surface area (Å²) < 4.78 is 35.3. The predicted octanol–water partition coefficient (Wildman–Crippen LogP) is 0.825. The first-order valence-electron chi connectivity index (χ1n) is 3.33. The molecule has 0 saturated heterocycles. The first-order valence-corrected chi connectivity index (χ1v) is 3.33. The molecule has 0 aromatic rings. The summed E-state index contributed by atoms with van der Waals surface area (Å²) >= 11 is 0. The lowest BCUT2D eigenvalue weighted by Gasteiger charge is -2.40. The molecule has 1 rings (SSSR count). The Hall–Kier alpha value is -0.290. The van der Waals surface area contributed by atoms with Crippen LogP contribution in [0, 0.1) is 0 Å². The van der Waals surface area contributed by atoms with Gasteiger partial charge >= 0.3 is 6.18 Å². The normalized spacial score (nSPS) is 25.9. The van der Waals surface area contributed by atoms with Gasteiger partial charge in [0.05, 0.1) is 5.60 Å². The minimum absolute atomic E-state index is 0.0354. The lowest BCUT2D eigenvalue weighted by atomic mass is 9.76. The third-order valence-corrected chi connectivity index (χ3v) is 2.04. The third-order valence-electron chi connectivity index (χ3n) is 2.04. The van der Waals surface area contributed by atoms with E-state index in [1.165, 1.54) is 0 Å². The van der Waals surface area contributed by atoms with Gasteiger partial charge < -0.3 is 10.2 Å². The molecule has 1 fully saturated rings. The van der Waals surface area contributed by atoms with Crippen molar-refractivity contribution in [3.05, 3.63) is 0 Å². The van der Waals surface area contributed by atoms with E-state index in [1.54, 1.807) is 0 Å². The van der Waals surface area contributed by atoms with Gasteiger partial charge in [0.2, 0.25) is 0 Å². The minimum Gasteiger partial charge on any atom is -0.387 e. The molecule has 11 heavy (non-hydrogen) atoms. The van der Waals surface area contributed by atoms with Crippen molar-refractivity contribution in [2.75, 3.05) is 0 Å². The monoisotopic (exact) mass is 170 g/mol. The van der Waals surface area contributed by atoms with Crippen LogP contribution in [0.1, 0.15) is 19.3 Å². The molecule has 0 spiro atoms. The van der Waals surface area contributed by atoms with Gasteiger partial charge in [-0.15, -0.1) is 0 Å². The predicted molar refractivity (Wildman–Crippen MR) is 30.9 cm³/mol. The largest absolute Gasteiger partial charge is 0.417 e. The second kappa shape index (κ2) is 2.35. The molecule has 0 heterocycles. The van der Waals surface area contributed by atoms with Gasteiger partial charge in [-0.2, -0.15) is 13.2 Å². The molecule has 0 aliphatic heterocycles. The van der Waals surface area contributed by atoms with E-state index in [9.17, 15) is 13.2 Å². The van der Waals surface area contributed by atoms with Crippen molar-refractivity contribution in [1.29, 1.82) is 0 Å². The zero-order valence-electron chi connectivity index (χ0n) is 5.73. The van der Waals surface area contributed by atoms with Crippen LogP contribution in [-0.2, 0) is 0 Å². The summed E-state index contributed by atoms with van der Waals surface area (Å²) in [5, 5.41) is 17.6. The van der Waals surface area contributed by atoms with Gasteiger partial charge in [-0.1, -0.05) is 0 Å². The molecule has 5 heteroatoms. The molecule has 1 saturated carbocycles. The lowest BCUT2D eigenvalue weighted by molar-refractivity contribution is -0.272. The minimum atomic E-state index is -4.70. The number of aliphatic hydroxyl groups is 2. The summed E-state index contributed by atoms with van der Waals surface area (Å²) in [7, 11) is 0. The van der Waals surface area contributed by atoms with E-state index >= 15 is 0 Å². The zero-order valence-corrected chi connectivity index (χ0v) is 5.73. The second-order valence-corrected chi connectivity index (χ2v) is 2.90. The van der Waals surface area contributed by atoms with Crippen molar-refractivity contribution in [3.8, 4) is 0 Å². The van der Waals surface area contributed by atoms with Crippen LogP contribution in [-0.4, -0.2) is 28.1 Å². The average Bonchev–Trinajstić information content (AvgIpc) is 1.79. The summed E-state index contributed by atoms with van der Waals surface area (Å²) in [4.78, 5) is 0. The molecular formula is C6H9F3O2. The van der Waals surface area contributed by atoms with Gasteiger partial charge in [0.25, 0.3) is 0 Å². The maximum absolute atomic E-state index is 11.8. The topological polar surface area (TPSA) is 40.5 Å². The number of rotatable bonds is 1. The molecule has 1 atom stereocenters. The van der Waals surface area contributed by atoms with Crippen LogP contribution in [0.3, 0.4) is 0 Å².